The van der Waals surface area contributed by atoms with Gasteiger partial charge in [-0.1, -0.05) is 121 Å². The number of aromatic nitrogens is 2. The summed E-state index contributed by atoms with van der Waals surface area (Å²) in [7, 11) is 0. The van der Waals surface area contributed by atoms with Gasteiger partial charge in [0.15, 0.2) is 5.82 Å². The molecule has 228 valence electrons. The molecule has 0 fully saturated rings. The Labute approximate surface area is 286 Å². The van der Waals surface area contributed by atoms with Crippen molar-refractivity contribution in [2.75, 3.05) is 0 Å². The summed E-state index contributed by atoms with van der Waals surface area (Å²) in [6.45, 7) is 0. The van der Waals surface area contributed by atoms with Crippen molar-refractivity contribution >= 4 is 42.4 Å². The number of ether oxygens (including phenoxy) is 1. The van der Waals surface area contributed by atoms with Crippen molar-refractivity contribution in [3.63, 3.8) is 0 Å². The summed E-state index contributed by atoms with van der Waals surface area (Å²) in [4.78, 5) is 10.5. The van der Waals surface area contributed by atoms with Gasteiger partial charge in [0.05, 0.1) is 21.3 Å². The largest absolute Gasteiger partial charge is 0.457 e. The lowest BCUT2D eigenvalue weighted by atomic mass is 9.66. The van der Waals surface area contributed by atoms with E-state index in [1.807, 2.05) is 18.2 Å². The number of thiophene rings is 1. The Morgan fingerprint density at radius 2 is 1.14 bits per heavy atom. The first-order valence-electron chi connectivity index (χ1n) is 16.6. The van der Waals surface area contributed by atoms with Gasteiger partial charge in [0.2, 0.25) is 0 Å². The molecule has 4 heteroatoms. The molecule has 0 atom stereocenters. The second kappa shape index (κ2) is 9.96. The van der Waals surface area contributed by atoms with E-state index in [-0.39, 0.29) is 0 Å². The molecule has 0 bridgehead atoms. The molecule has 0 saturated heterocycles. The molecule has 3 heterocycles. The lowest BCUT2D eigenvalue weighted by Crippen LogP contribution is -2.32. The Bertz CT molecular complexity index is 2770. The van der Waals surface area contributed by atoms with Crippen molar-refractivity contribution in [2.45, 2.75) is 5.41 Å². The Kier molecular flexibility index (Phi) is 5.47. The molecule has 0 unspecified atom stereocenters. The van der Waals surface area contributed by atoms with Crippen LogP contribution < -0.4 is 4.74 Å². The maximum atomic E-state index is 6.59. The van der Waals surface area contributed by atoms with Crippen LogP contribution in [0.2, 0.25) is 0 Å². The van der Waals surface area contributed by atoms with E-state index >= 15 is 0 Å². The van der Waals surface area contributed by atoms with E-state index < -0.39 is 5.41 Å². The summed E-state index contributed by atoms with van der Waals surface area (Å²) in [6, 6.07) is 56.4. The molecule has 0 saturated carbocycles. The summed E-state index contributed by atoms with van der Waals surface area (Å²) >= 11 is 1.77. The molecule has 1 spiro atoms. The van der Waals surface area contributed by atoms with Crippen LogP contribution >= 0.6 is 11.3 Å². The van der Waals surface area contributed by atoms with Crippen LogP contribution in [0.4, 0.5) is 0 Å². The van der Waals surface area contributed by atoms with Crippen LogP contribution in [0.1, 0.15) is 22.3 Å². The van der Waals surface area contributed by atoms with E-state index in [1.54, 1.807) is 11.3 Å². The smallest absolute Gasteiger partial charge is 0.160 e. The number of benzene rings is 7. The Morgan fingerprint density at radius 1 is 0.490 bits per heavy atom. The number of hydrogen-bond donors (Lipinski definition) is 0. The maximum absolute atomic E-state index is 6.59. The number of fused-ring (bicyclic) bond motifs is 13. The fourth-order valence-electron chi connectivity index (χ4n) is 8.24. The average Bonchev–Trinajstić information content (AvgIpc) is 3.67. The van der Waals surface area contributed by atoms with Gasteiger partial charge in [0.25, 0.3) is 0 Å². The average molecular weight is 643 g/mol. The minimum atomic E-state index is -0.535. The molecule has 7 aromatic carbocycles. The first-order chi connectivity index (χ1) is 24.3. The summed E-state index contributed by atoms with van der Waals surface area (Å²) in [6.07, 6.45) is 0. The molecular formula is C45H26N2OS. The van der Waals surface area contributed by atoms with Crippen LogP contribution in [0.25, 0.3) is 64.8 Å². The van der Waals surface area contributed by atoms with Gasteiger partial charge >= 0.3 is 0 Å². The van der Waals surface area contributed by atoms with Crippen molar-refractivity contribution in [3.05, 3.63) is 180 Å². The van der Waals surface area contributed by atoms with Crippen LogP contribution in [0, 0.1) is 0 Å². The van der Waals surface area contributed by atoms with Crippen molar-refractivity contribution < 1.29 is 4.74 Å². The van der Waals surface area contributed by atoms with E-state index in [0.29, 0.717) is 0 Å². The topological polar surface area (TPSA) is 35.0 Å². The van der Waals surface area contributed by atoms with Gasteiger partial charge in [0.1, 0.15) is 11.5 Å². The molecule has 0 N–H and O–H groups in total. The molecule has 2 aromatic heterocycles. The quantitative estimate of drug-likeness (QED) is 0.188. The van der Waals surface area contributed by atoms with E-state index in [9.17, 15) is 0 Å². The fourth-order valence-corrected chi connectivity index (χ4v) is 9.39. The molecule has 0 amide bonds. The summed E-state index contributed by atoms with van der Waals surface area (Å²) in [5, 5.41) is 3.62. The van der Waals surface area contributed by atoms with Crippen LogP contribution in [0.5, 0.6) is 11.5 Å². The monoisotopic (exact) mass is 642 g/mol. The van der Waals surface area contributed by atoms with Crippen molar-refractivity contribution in [1.29, 1.82) is 0 Å². The van der Waals surface area contributed by atoms with Gasteiger partial charge in [-0.25, -0.2) is 9.97 Å². The van der Waals surface area contributed by atoms with Crippen LogP contribution in [-0.2, 0) is 5.41 Å². The van der Waals surface area contributed by atoms with Crippen molar-refractivity contribution in [3.8, 4) is 45.3 Å². The van der Waals surface area contributed by atoms with Crippen LogP contribution in [-0.4, -0.2) is 9.97 Å². The molecule has 3 nitrogen and oxygen atoms in total. The highest BCUT2D eigenvalue weighted by Crippen LogP contribution is 2.63. The van der Waals surface area contributed by atoms with Gasteiger partial charge in [0, 0.05) is 32.3 Å². The normalized spacial score (nSPS) is 13.6. The van der Waals surface area contributed by atoms with E-state index in [2.05, 4.69) is 140 Å². The maximum Gasteiger partial charge on any atom is 0.160 e. The van der Waals surface area contributed by atoms with Crippen molar-refractivity contribution in [1.82, 2.24) is 9.97 Å². The fraction of sp³-hybridized carbons (Fsp3) is 0.0222. The second-order valence-electron chi connectivity index (χ2n) is 12.9. The predicted molar refractivity (Wildman–Crippen MR) is 201 cm³/mol. The van der Waals surface area contributed by atoms with Gasteiger partial charge < -0.3 is 4.74 Å². The van der Waals surface area contributed by atoms with Gasteiger partial charge in [-0.3, -0.25) is 0 Å². The number of hydrogen-bond acceptors (Lipinski definition) is 4. The van der Waals surface area contributed by atoms with Crippen LogP contribution in [0.15, 0.2) is 158 Å². The highest BCUT2D eigenvalue weighted by Gasteiger charge is 2.51. The van der Waals surface area contributed by atoms with Gasteiger partial charge in [-0.05, 0) is 69.4 Å². The third-order valence-corrected chi connectivity index (χ3v) is 11.5. The summed E-state index contributed by atoms with van der Waals surface area (Å²) < 4.78 is 8.91. The molecule has 0 radical (unpaired) electrons. The molecule has 2 aliphatic rings. The van der Waals surface area contributed by atoms with Crippen molar-refractivity contribution in [2.24, 2.45) is 0 Å². The number of nitrogens with zero attached hydrogens (tertiary/aromatic N) is 2. The Hall–Kier alpha value is -6.10. The lowest BCUT2D eigenvalue weighted by Gasteiger charge is -2.39. The van der Waals surface area contributed by atoms with E-state index in [0.717, 1.165) is 60.9 Å². The molecule has 1 aliphatic carbocycles. The SMILES string of the molecule is c1ccc(-c2nc(-c3ccc4c(c3)-c3cc5ccccc5cc3C43c4ccccc4Oc4ccccc43)c3sc4ccccc4c3n2)cc1. The van der Waals surface area contributed by atoms with E-state index in [4.69, 9.17) is 14.7 Å². The predicted octanol–water partition coefficient (Wildman–Crippen LogP) is 11.8. The first-order valence-corrected chi connectivity index (χ1v) is 17.4. The minimum Gasteiger partial charge on any atom is -0.457 e. The second-order valence-corrected chi connectivity index (χ2v) is 13.9. The summed E-state index contributed by atoms with van der Waals surface area (Å²) in [5.41, 5.74) is 10.8. The Balaban J connectivity index is 1.25. The van der Waals surface area contributed by atoms with E-state index in [1.165, 1.54) is 37.7 Å². The third kappa shape index (κ3) is 3.67. The number of rotatable bonds is 2. The molecule has 49 heavy (non-hydrogen) atoms. The zero-order valence-corrected chi connectivity index (χ0v) is 27.0. The first kappa shape index (κ1) is 26.9. The molecule has 9 aromatic rings. The van der Waals surface area contributed by atoms with Gasteiger partial charge in [-0.2, -0.15) is 0 Å². The summed E-state index contributed by atoms with van der Waals surface area (Å²) in [5.74, 6) is 2.53. The zero-order chi connectivity index (χ0) is 32.1. The standard InChI is InChI=1S/C45H26N2OS/c1-2-12-27(13-3-1)44-46-41(43-42(47-44)31-16-6-11-21-40(31)49-43)30-22-23-34-32(25-30)33-24-28-14-4-5-15-29(28)26-37(33)45(34)35-17-7-9-19-38(35)48-39-20-10-8-18-36(39)45/h1-26H. The highest BCUT2D eigenvalue weighted by molar-refractivity contribution is 7.26. The molecule has 1 aliphatic heterocycles. The zero-order valence-electron chi connectivity index (χ0n) is 26.2. The molecular weight excluding hydrogens is 617 g/mol. The lowest BCUT2D eigenvalue weighted by molar-refractivity contribution is 0.436. The molecule has 11 rings (SSSR count). The Morgan fingerprint density at radius 3 is 1.94 bits per heavy atom. The number of para-hydroxylation sites is 2. The minimum absolute atomic E-state index is 0.535. The van der Waals surface area contributed by atoms with Gasteiger partial charge in [-0.15, -0.1) is 11.3 Å². The van der Waals surface area contributed by atoms with Crippen LogP contribution in [0.3, 0.4) is 0 Å². The highest BCUT2D eigenvalue weighted by atomic mass is 32.1. The third-order valence-electron chi connectivity index (χ3n) is 10.3.